The van der Waals surface area contributed by atoms with Crippen LogP contribution in [0.3, 0.4) is 0 Å². The Balaban J connectivity index is 1.48. The molecule has 0 aliphatic carbocycles. The molecule has 0 atom stereocenters. The quantitative estimate of drug-likeness (QED) is 0.422. The van der Waals surface area contributed by atoms with E-state index in [2.05, 4.69) is 44.8 Å². The lowest BCUT2D eigenvalue weighted by Gasteiger charge is -2.36. The first-order valence-corrected chi connectivity index (χ1v) is 13.7. The Bertz CT molecular complexity index is 1390. The van der Waals surface area contributed by atoms with E-state index in [1.807, 2.05) is 24.4 Å². The van der Waals surface area contributed by atoms with Crippen molar-refractivity contribution in [3.63, 3.8) is 0 Å². The molecule has 0 amide bonds. The minimum atomic E-state index is -3.60. The van der Waals surface area contributed by atoms with Crippen LogP contribution in [0.1, 0.15) is 0 Å². The van der Waals surface area contributed by atoms with Crippen LogP contribution in [-0.4, -0.2) is 88.6 Å². The minimum Gasteiger partial charge on any atom is -0.368 e. The van der Waals surface area contributed by atoms with Gasteiger partial charge in [-0.1, -0.05) is 6.07 Å². The summed E-state index contributed by atoms with van der Waals surface area (Å²) in [6.07, 6.45) is 1.85. The summed E-state index contributed by atoms with van der Waals surface area (Å²) in [5, 5.41) is 3.81. The fourth-order valence-electron chi connectivity index (χ4n) is 4.48. The number of hydrogen-bond donors (Lipinski definition) is 1. The fraction of sp³-hybridized carbons (Fsp3) is 0.375. The SMILES string of the molecule is CN(C)CCN1CCN(c2ccnc3[nH]c4ccc(N(C)S(=O)(=O)c5cccs5)cc4c23)CC1. The van der Waals surface area contributed by atoms with Gasteiger partial charge in [0.1, 0.15) is 9.86 Å². The first kappa shape index (κ1) is 23.1. The highest BCUT2D eigenvalue weighted by molar-refractivity contribution is 7.94. The van der Waals surface area contributed by atoms with Crippen LogP contribution in [0.4, 0.5) is 11.4 Å². The molecule has 0 spiro atoms. The van der Waals surface area contributed by atoms with Crippen molar-refractivity contribution in [2.24, 2.45) is 0 Å². The Hall–Kier alpha value is -2.66. The second-order valence-corrected chi connectivity index (χ2v) is 12.1. The van der Waals surface area contributed by atoms with Gasteiger partial charge in [-0.25, -0.2) is 13.4 Å². The van der Waals surface area contributed by atoms with Gasteiger partial charge in [0.05, 0.1) is 16.8 Å². The maximum atomic E-state index is 13.1. The maximum absolute atomic E-state index is 13.1. The van der Waals surface area contributed by atoms with Crippen LogP contribution >= 0.6 is 11.3 Å². The van der Waals surface area contributed by atoms with Gasteiger partial charge < -0.3 is 14.8 Å². The van der Waals surface area contributed by atoms with Gasteiger partial charge in [-0.15, -0.1) is 11.3 Å². The molecular weight excluding hydrogens is 468 g/mol. The van der Waals surface area contributed by atoms with Crippen molar-refractivity contribution >= 4 is 54.7 Å². The highest BCUT2D eigenvalue weighted by atomic mass is 32.2. The molecule has 1 aliphatic heterocycles. The Morgan fingerprint density at radius 2 is 1.88 bits per heavy atom. The summed E-state index contributed by atoms with van der Waals surface area (Å²) in [6, 6.07) is 11.2. The largest absolute Gasteiger partial charge is 0.368 e. The van der Waals surface area contributed by atoms with Gasteiger partial charge in [0.25, 0.3) is 10.0 Å². The number of H-pyrrole nitrogens is 1. The average Bonchev–Trinajstić information content (AvgIpc) is 3.51. The summed E-state index contributed by atoms with van der Waals surface area (Å²) in [4.78, 5) is 15.1. The zero-order valence-electron chi connectivity index (χ0n) is 19.7. The van der Waals surface area contributed by atoms with E-state index in [4.69, 9.17) is 0 Å². The van der Waals surface area contributed by atoms with E-state index in [0.717, 1.165) is 66.9 Å². The molecule has 4 aromatic rings. The first-order valence-electron chi connectivity index (χ1n) is 11.4. The molecule has 5 rings (SSSR count). The number of piperazine rings is 1. The number of benzene rings is 1. The number of pyridine rings is 1. The number of fused-ring (bicyclic) bond motifs is 3. The Morgan fingerprint density at radius 3 is 2.59 bits per heavy atom. The van der Waals surface area contributed by atoms with Crippen molar-refractivity contribution in [1.82, 2.24) is 19.8 Å². The van der Waals surface area contributed by atoms with Gasteiger partial charge in [-0.2, -0.15) is 0 Å². The van der Waals surface area contributed by atoms with Crippen molar-refractivity contribution in [1.29, 1.82) is 0 Å². The highest BCUT2D eigenvalue weighted by Gasteiger charge is 2.24. The molecule has 1 aliphatic rings. The molecule has 1 N–H and O–H groups in total. The molecule has 1 saturated heterocycles. The molecule has 0 radical (unpaired) electrons. The lowest BCUT2D eigenvalue weighted by molar-refractivity contribution is 0.229. The predicted molar refractivity (Wildman–Crippen MR) is 141 cm³/mol. The van der Waals surface area contributed by atoms with E-state index in [1.165, 1.54) is 15.6 Å². The van der Waals surface area contributed by atoms with Crippen LogP contribution in [0.15, 0.2) is 52.2 Å². The summed E-state index contributed by atoms with van der Waals surface area (Å²) in [5.41, 5.74) is 3.54. The lowest BCUT2D eigenvalue weighted by Crippen LogP contribution is -2.48. The van der Waals surface area contributed by atoms with Gasteiger partial charge in [-0.3, -0.25) is 9.21 Å². The van der Waals surface area contributed by atoms with Crippen LogP contribution in [0, 0.1) is 0 Å². The standard InChI is InChI=1S/C24H30N6O2S2/c1-27(2)10-11-29-12-14-30(15-13-29)21-8-9-25-24-23(21)19-17-18(6-7-20(19)26-24)28(3)34(31,32)22-5-4-16-33-22/h4-9,16-17H,10-15H2,1-3H3,(H,25,26). The van der Waals surface area contributed by atoms with E-state index in [1.54, 1.807) is 24.6 Å². The second kappa shape index (κ2) is 9.18. The third-order valence-corrected chi connectivity index (χ3v) is 9.66. The molecule has 10 heteroatoms. The minimum absolute atomic E-state index is 0.337. The molecule has 34 heavy (non-hydrogen) atoms. The van der Waals surface area contributed by atoms with E-state index >= 15 is 0 Å². The molecule has 0 bridgehead atoms. The Labute approximate surface area is 204 Å². The van der Waals surface area contributed by atoms with Crippen LogP contribution in [0.25, 0.3) is 21.9 Å². The van der Waals surface area contributed by atoms with Crippen molar-refractivity contribution < 1.29 is 8.42 Å². The Morgan fingerprint density at radius 1 is 1.09 bits per heavy atom. The highest BCUT2D eigenvalue weighted by Crippen LogP contribution is 2.36. The molecule has 0 unspecified atom stereocenters. The number of likely N-dealkylation sites (N-methyl/N-ethyl adjacent to an activating group) is 1. The predicted octanol–water partition coefficient (Wildman–Crippen LogP) is 3.29. The van der Waals surface area contributed by atoms with E-state index in [9.17, 15) is 8.42 Å². The molecule has 8 nitrogen and oxygen atoms in total. The topological polar surface area (TPSA) is 75.8 Å². The lowest BCUT2D eigenvalue weighted by atomic mass is 10.1. The van der Waals surface area contributed by atoms with E-state index in [0.29, 0.717) is 9.90 Å². The van der Waals surface area contributed by atoms with Gasteiger partial charge in [-0.05, 0) is 49.8 Å². The van der Waals surface area contributed by atoms with Crippen LogP contribution in [-0.2, 0) is 10.0 Å². The van der Waals surface area contributed by atoms with Crippen molar-refractivity contribution in [3.8, 4) is 0 Å². The van der Waals surface area contributed by atoms with E-state index < -0.39 is 10.0 Å². The number of rotatable bonds is 7. The normalized spacial score (nSPS) is 15.6. The van der Waals surface area contributed by atoms with Crippen LogP contribution in [0.5, 0.6) is 0 Å². The molecule has 1 fully saturated rings. The maximum Gasteiger partial charge on any atom is 0.273 e. The number of hydrogen-bond acceptors (Lipinski definition) is 7. The zero-order chi connectivity index (χ0) is 23.9. The van der Waals surface area contributed by atoms with Gasteiger partial charge in [0.2, 0.25) is 0 Å². The van der Waals surface area contributed by atoms with E-state index in [-0.39, 0.29) is 0 Å². The summed E-state index contributed by atoms with van der Waals surface area (Å²) >= 11 is 1.23. The van der Waals surface area contributed by atoms with Crippen LogP contribution in [0.2, 0.25) is 0 Å². The number of nitrogens with one attached hydrogen (secondary N) is 1. The van der Waals surface area contributed by atoms with Crippen molar-refractivity contribution in [3.05, 3.63) is 48.0 Å². The summed E-state index contributed by atoms with van der Waals surface area (Å²) in [7, 11) is 2.23. The summed E-state index contributed by atoms with van der Waals surface area (Å²) in [5.74, 6) is 0. The molecule has 0 saturated carbocycles. The molecule has 3 aromatic heterocycles. The molecule has 4 heterocycles. The third-order valence-electron chi connectivity index (χ3n) is 6.50. The van der Waals surface area contributed by atoms with Gasteiger partial charge in [0, 0.05) is 63.4 Å². The van der Waals surface area contributed by atoms with Crippen molar-refractivity contribution in [2.45, 2.75) is 4.21 Å². The average molecular weight is 499 g/mol. The number of aromatic nitrogens is 2. The first-order chi connectivity index (χ1) is 16.3. The number of sulfonamides is 1. The van der Waals surface area contributed by atoms with Crippen LogP contribution < -0.4 is 9.21 Å². The molecule has 180 valence electrons. The number of aromatic amines is 1. The number of anilines is 2. The van der Waals surface area contributed by atoms with Crippen molar-refractivity contribution in [2.75, 3.05) is 69.6 Å². The summed E-state index contributed by atoms with van der Waals surface area (Å²) in [6.45, 7) is 6.08. The monoisotopic (exact) mass is 498 g/mol. The van der Waals surface area contributed by atoms with Gasteiger partial charge in [0.15, 0.2) is 0 Å². The third kappa shape index (κ3) is 4.26. The smallest absolute Gasteiger partial charge is 0.273 e. The Kier molecular flexibility index (Phi) is 6.24. The zero-order valence-corrected chi connectivity index (χ0v) is 21.4. The number of thiophene rings is 1. The molecule has 1 aromatic carbocycles. The second-order valence-electron chi connectivity index (χ2n) is 8.95. The fourth-order valence-corrected chi connectivity index (χ4v) is 6.83. The summed E-state index contributed by atoms with van der Waals surface area (Å²) < 4.78 is 27.8. The van der Waals surface area contributed by atoms with Gasteiger partial charge >= 0.3 is 0 Å². The number of nitrogens with zero attached hydrogens (tertiary/aromatic N) is 5. The molecular formula is C24H30N6O2S2.